The van der Waals surface area contributed by atoms with Crippen molar-refractivity contribution < 1.29 is 0 Å². The molecule has 4 heteroatoms. The van der Waals surface area contributed by atoms with Crippen LogP contribution in [0.4, 0.5) is 0 Å². The molecule has 1 aromatic heterocycles. The Morgan fingerprint density at radius 1 is 1.00 bits per heavy atom. The Kier molecular flexibility index (Phi) is 4.17. The Balaban J connectivity index is 2.30. The molecule has 0 bridgehead atoms. The van der Waals surface area contributed by atoms with E-state index in [1.54, 1.807) is 0 Å². The highest BCUT2D eigenvalue weighted by atomic mass is 35.5. The molecule has 1 heterocycles. The Labute approximate surface area is 118 Å². The van der Waals surface area contributed by atoms with Crippen LogP contribution in [0, 0.1) is 0 Å². The molecule has 19 heavy (non-hydrogen) atoms. The number of aromatic nitrogens is 2. The number of halogens is 1. The normalized spacial score (nSPS) is 11.6. The molecule has 2 aromatic rings. The monoisotopic (exact) mass is 275 g/mol. The first kappa shape index (κ1) is 14.0. The molecule has 2 rings (SSSR count). The van der Waals surface area contributed by atoms with E-state index in [4.69, 9.17) is 17.3 Å². The molecule has 3 nitrogen and oxygen atoms in total. The number of nitrogens with zero attached hydrogens (tertiary/aromatic N) is 2. The predicted molar refractivity (Wildman–Crippen MR) is 78.9 cm³/mol. The lowest BCUT2D eigenvalue weighted by Crippen LogP contribution is -2.37. The van der Waals surface area contributed by atoms with Gasteiger partial charge in [0, 0.05) is 23.0 Å². The highest BCUT2D eigenvalue weighted by Gasteiger charge is 2.25. The molecule has 0 aliphatic rings. The second-order valence-corrected chi connectivity index (χ2v) is 5.10. The highest BCUT2D eigenvalue weighted by Crippen LogP contribution is 2.24. The van der Waals surface area contributed by atoms with Gasteiger partial charge in [-0.25, -0.2) is 9.97 Å². The number of nitrogens with two attached hydrogens (primary N) is 1. The van der Waals surface area contributed by atoms with Crippen LogP contribution in [0.3, 0.4) is 0 Å². The average Bonchev–Trinajstić information content (AvgIpc) is 2.47. The van der Waals surface area contributed by atoms with Gasteiger partial charge in [0.05, 0.1) is 5.54 Å². The SMILES string of the molecule is CCC(N)(CC)c1ncc(-c2ccc(Cl)cc2)cn1. The maximum absolute atomic E-state index is 6.28. The second kappa shape index (κ2) is 5.68. The van der Waals surface area contributed by atoms with Gasteiger partial charge in [0.25, 0.3) is 0 Å². The molecule has 0 saturated carbocycles. The maximum Gasteiger partial charge on any atom is 0.148 e. The topological polar surface area (TPSA) is 51.8 Å². The van der Waals surface area contributed by atoms with E-state index in [0.29, 0.717) is 5.82 Å². The number of hydrogen-bond donors (Lipinski definition) is 1. The van der Waals surface area contributed by atoms with Crippen molar-refractivity contribution in [2.45, 2.75) is 32.2 Å². The fourth-order valence-corrected chi connectivity index (χ4v) is 2.07. The van der Waals surface area contributed by atoms with Crippen molar-refractivity contribution >= 4 is 11.6 Å². The van der Waals surface area contributed by atoms with Crippen LogP contribution >= 0.6 is 11.6 Å². The summed E-state index contributed by atoms with van der Waals surface area (Å²) in [6.45, 7) is 4.11. The Hall–Kier alpha value is -1.45. The van der Waals surface area contributed by atoms with Gasteiger partial charge in [-0.3, -0.25) is 0 Å². The molecule has 0 aliphatic carbocycles. The molecule has 2 N–H and O–H groups in total. The van der Waals surface area contributed by atoms with Crippen molar-refractivity contribution in [2.75, 3.05) is 0 Å². The molecule has 0 spiro atoms. The minimum atomic E-state index is -0.432. The minimum absolute atomic E-state index is 0.432. The zero-order valence-corrected chi connectivity index (χ0v) is 12.0. The van der Waals surface area contributed by atoms with E-state index in [1.807, 2.05) is 36.7 Å². The molecule has 0 amide bonds. The lowest BCUT2D eigenvalue weighted by Gasteiger charge is -2.24. The zero-order chi connectivity index (χ0) is 13.9. The van der Waals surface area contributed by atoms with E-state index < -0.39 is 5.54 Å². The van der Waals surface area contributed by atoms with Gasteiger partial charge < -0.3 is 5.73 Å². The zero-order valence-electron chi connectivity index (χ0n) is 11.2. The van der Waals surface area contributed by atoms with Crippen LogP contribution in [0.5, 0.6) is 0 Å². The standard InChI is InChI=1S/C15H18ClN3/c1-3-15(17,4-2)14-18-9-12(10-19-14)11-5-7-13(16)8-6-11/h5-10H,3-4,17H2,1-2H3. The summed E-state index contributed by atoms with van der Waals surface area (Å²) in [5.74, 6) is 0.704. The summed E-state index contributed by atoms with van der Waals surface area (Å²) in [4.78, 5) is 8.84. The first-order chi connectivity index (χ1) is 9.09. The van der Waals surface area contributed by atoms with Crippen molar-refractivity contribution in [1.82, 2.24) is 9.97 Å². The smallest absolute Gasteiger partial charge is 0.148 e. The molecule has 0 aliphatic heterocycles. The van der Waals surface area contributed by atoms with Gasteiger partial charge >= 0.3 is 0 Å². The van der Waals surface area contributed by atoms with Gasteiger partial charge in [0.2, 0.25) is 0 Å². The van der Waals surface area contributed by atoms with Gasteiger partial charge in [-0.05, 0) is 30.5 Å². The molecule has 0 radical (unpaired) electrons. The van der Waals surface area contributed by atoms with E-state index in [0.717, 1.165) is 29.0 Å². The first-order valence-corrected chi connectivity index (χ1v) is 6.84. The summed E-state index contributed by atoms with van der Waals surface area (Å²) in [6.07, 6.45) is 5.28. The van der Waals surface area contributed by atoms with E-state index in [1.165, 1.54) is 0 Å². The Morgan fingerprint density at radius 3 is 2.00 bits per heavy atom. The van der Waals surface area contributed by atoms with Crippen LogP contribution in [0.1, 0.15) is 32.5 Å². The predicted octanol–water partition coefficient (Wildman–Crippen LogP) is 3.77. The minimum Gasteiger partial charge on any atom is -0.319 e. The quantitative estimate of drug-likeness (QED) is 0.924. The summed E-state index contributed by atoms with van der Waals surface area (Å²) < 4.78 is 0. The molecule has 1 aromatic carbocycles. The Bertz CT molecular complexity index is 530. The van der Waals surface area contributed by atoms with Crippen LogP contribution in [0.15, 0.2) is 36.7 Å². The highest BCUT2D eigenvalue weighted by molar-refractivity contribution is 6.30. The largest absolute Gasteiger partial charge is 0.319 e. The van der Waals surface area contributed by atoms with E-state index in [2.05, 4.69) is 23.8 Å². The fourth-order valence-electron chi connectivity index (χ4n) is 1.94. The molecule has 0 fully saturated rings. The van der Waals surface area contributed by atoms with Crippen molar-refractivity contribution in [2.24, 2.45) is 5.73 Å². The number of hydrogen-bond acceptors (Lipinski definition) is 3. The van der Waals surface area contributed by atoms with E-state index >= 15 is 0 Å². The molecule has 0 unspecified atom stereocenters. The second-order valence-electron chi connectivity index (χ2n) is 4.67. The van der Waals surface area contributed by atoms with Crippen LogP contribution in [0.2, 0.25) is 5.02 Å². The summed E-state index contributed by atoms with van der Waals surface area (Å²) >= 11 is 5.87. The van der Waals surface area contributed by atoms with Crippen LogP contribution in [-0.4, -0.2) is 9.97 Å². The number of rotatable bonds is 4. The Morgan fingerprint density at radius 2 is 1.53 bits per heavy atom. The summed E-state index contributed by atoms with van der Waals surface area (Å²) in [5, 5.41) is 0.722. The van der Waals surface area contributed by atoms with Crippen molar-refractivity contribution in [1.29, 1.82) is 0 Å². The van der Waals surface area contributed by atoms with Crippen molar-refractivity contribution in [3.8, 4) is 11.1 Å². The molecule has 0 saturated heterocycles. The van der Waals surface area contributed by atoms with Crippen molar-refractivity contribution in [3.63, 3.8) is 0 Å². The van der Waals surface area contributed by atoms with Crippen LogP contribution in [0.25, 0.3) is 11.1 Å². The van der Waals surface area contributed by atoms with Crippen molar-refractivity contribution in [3.05, 3.63) is 47.5 Å². The summed E-state index contributed by atoms with van der Waals surface area (Å²) in [7, 11) is 0. The third-order valence-corrected chi connectivity index (χ3v) is 3.79. The van der Waals surface area contributed by atoms with E-state index in [-0.39, 0.29) is 0 Å². The lowest BCUT2D eigenvalue weighted by atomic mass is 9.93. The average molecular weight is 276 g/mol. The third kappa shape index (κ3) is 2.94. The number of benzene rings is 1. The molecular formula is C15H18ClN3. The molecule has 0 atom stereocenters. The van der Waals surface area contributed by atoms with Crippen LogP contribution in [-0.2, 0) is 5.54 Å². The van der Waals surface area contributed by atoms with Gasteiger partial charge in [-0.1, -0.05) is 37.6 Å². The lowest BCUT2D eigenvalue weighted by molar-refractivity contribution is 0.387. The first-order valence-electron chi connectivity index (χ1n) is 6.46. The van der Waals surface area contributed by atoms with Gasteiger partial charge in [-0.2, -0.15) is 0 Å². The van der Waals surface area contributed by atoms with E-state index in [9.17, 15) is 0 Å². The third-order valence-electron chi connectivity index (χ3n) is 3.54. The summed E-state index contributed by atoms with van der Waals surface area (Å²) in [5.41, 5.74) is 7.87. The van der Waals surface area contributed by atoms with Gasteiger partial charge in [0.1, 0.15) is 5.82 Å². The maximum atomic E-state index is 6.28. The van der Waals surface area contributed by atoms with Gasteiger partial charge in [-0.15, -0.1) is 0 Å². The van der Waals surface area contributed by atoms with Gasteiger partial charge in [0.15, 0.2) is 0 Å². The fraction of sp³-hybridized carbons (Fsp3) is 0.333. The molecular weight excluding hydrogens is 258 g/mol. The molecule has 100 valence electrons. The summed E-state index contributed by atoms with van der Waals surface area (Å²) in [6, 6.07) is 7.62. The van der Waals surface area contributed by atoms with Crippen LogP contribution < -0.4 is 5.73 Å².